The molecule has 0 aromatic carbocycles. The lowest BCUT2D eigenvalue weighted by Crippen LogP contribution is -2.29. The van der Waals surface area contributed by atoms with Crippen LogP contribution in [0.1, 0.15) is 19.0 Å². The van der Waals surface area contributed by atoms with E-state index in [2.05, 4.69) is 10.3 Å². The SMILES string of the molecule is CCCn1nnc(C(Cl)(Cl)C(Cl)(Cl)Cl)c1[N+](=O)[O-]. The predicted octanol–water partition coefficient (Wildman–Crippen LogP) is 3.60. The van der Waals surface area contributed by atoms with Gasteiger partial charge in [-0.1, -0.05) is 64.9 Å². The number of aryl methyl sites for hydroxylation is 1. The van der Waals surface area contributed by atoms with E-state index in [-0.39, 0.29) is 6.54 Å². The molecule has 0 spiro atoms. The molecule has 0 N–H and O–H groups in total. The quantitative estimate of drug-likeness (QED) is 0.469. The van der Waals surface area contributed by atoms with Crippen molar-refractivity contribution in [2.24, 2.45) is 0 Å². The smallest absolute Gasteiger partial charge is 0.358 e. The molecule has 0 aliphatic rings. The average Bonchev–Trinajstić information content (AvgIpc) is 2.60. The first-order valence-electron chi connectivity index (χ1n) is 4.65. The monoisotopic (exact) mass is 354 g/mol. The van der Waals surface area contributed by atoms with E-state index >= 15 is 0 Å². The van der Waals surface area contributed by atoms with Crippen LogP contribution in [-0.2, 0) is 10.9 Å². The molecule has 18 heavy (non-hydrogen) atoms. The highest BCUT2D eigenvalue weighted by Crippen LogP contribution is 2.54. The molecule has 0 unspecified atom stereocenters. The molecule has 1 aromatic rings. The Bertz CT molecular complexity index is 455. The van der Waals surface area contributed by atoms with Crippen molar-refractivity contribution in [2.75, 3.05) is 0 Å². The highest BCUT2D eigenvalue weighted by Gasteiger charge is 2.54. The molecule has 0 fully saturated rings. The van der Waals surface area contributed by atoms with E-state index in [0.717, 1.165) is 4.68 Å². The minimum atomic E-state index is -2.19. The van der Waals surface area contributed by atoms with Crippen LogP contribution < -0.4 is 0 Å². The maximum Gasteiger partial charge on any atom is 0.371 e. The summed E-state index contributed by atoms with van der Waals surface area (Å²) in [5.74, 6) is -0.492. The number of hydrogen-bond donors (Lipinski definition) is 0. The molecule has 0 aliphatic carbocycles. The molecular weight excluding hydrogens is 349 g/mol. The second-order valence-electron chi connectivity index (χ2n) is 3.31. The van der Waals surface area contributed by atoms with Gasteiger partial charge in [-0.3, -0.25) is 0 Å². The van der Waals surface area contributed by atoms with Gasteiger partial charge in [0.1, 0.15) is 6.54 Å². The van der Waals surface area contributed by atoms with Gasteiger partial charge in [-0.2, -0.15) is 0 Å². The van der Waals surface area contributed by atoms with Crippen LogP contribution >= 0.6 is 58.0 Å². The molecule has 1 heterocycles. The van der Waals surface area contributed by atoms with Crippen molar-refractivity contribution in [1.29, 1.82) is 0 Å². The second kappa shape index (κ2) is 5.54. The summed E-state index contributed by atoms with van der Waals surface area (Å²) in [6.45, 7) is 2.09. The first-order chi connectivity index (χ1) is 8.13. The summed E-state index contributed by atoms with van der Waals surface area (Å²) < 4.78 is -3.31. The molecule has 11 heteroatoms. The Kier molecular flexibility index (Phi) is 4.94. The summed E-state index contributed by atoms with van der Waals surface area (Å²) in [4.78, 5) is 10.3. The third kappa shape index (κ3) is 2.93. The van der Waals surface area contributed by atoms with E-state index in [1.807, 2.05) is 6.92 Å². The second-order valence-corrected chi connectivity index (χ2v) is 6.92. The average molecular weight is 356 g/mol. The van der Waals surface area contributed by atoms with Crippen LogP contribution in [0.5, 0.6) is 0 Å². The summed E-state index contributed by atoms with van der Waals surface area (Å²) in [7, 11) is 0. The normalized spacial score (nSPS) is 12.8. The fraction of sp³-hybridized carbons (Fsp3) is 0.714. The molecular formula is C7H7Cl5N4O2. The van der Waals surface area contributed by atoms with Crippen LogP contribution in [0.3, 0.4) is 0 Å². The Morgan fingerprint density at radius 2 is 1.89 bits per heavy atom. The van der Waals surface area contributed by atoms with Crippen molar-refractivity contribution in [2.45, 2.75) is 28.0 Å². The van der Waals surface area contributed by atoms with Crippen LogP contribution in [0.2, 0.25) is 0 Å². The number of halogens is 5. The maximum atomic E-state index is 11.0. The minimum absolute atomic E-state index is 0.271. The zero-order chi connectivity index (χ0) is 14.1. The first-order valence-corrected chi connectivity index (χ1v) is 6.54. The molecule has 0 bridgehead atoms. The number of aromatic nitrogens is 3. The van der Waals surface area contributed by atoms with Crippen molar-refractivity contribution < 1.29 is 4.92 Å². The van der Waals surface area contributed by atoms with Gasteiger partial charge < -0.3 is 10.1 Å². The molecule has 0 saturated heterocycles. The van der Waals surface area contributed by atoms with Crippen molar-refractivity contribution >= 4 is 63.8 Å². The van der Waals surface area contributed by atoms with Crippen molar-refractivity contribution in [3.63, 3.8) is 0 Å². The topological polar surface area (TPSA) is 73.8 Å². The van der Waals surface area contributed by atoms with Gasteiger partial charge in [-0.15, -0.1) is 9.78 Å². The molecule has 6 nitrogen and oxygen atoms in total. The molecule has 0 aliphatic heterocycles. The standard InChI is InChI=1S/C7H7Cl5N4O2/c1-2-3-15-5(16(17)18)4(13-14-15)6(8,9)7(10,11)12/h2-3H2,1H3. The Balaban J connectivity index is 3.38. The number of alkyl halides is 5. The van der Waals surface area contributed by atoms with Gasteiger partial charge in [-0.05, 0) is 11.3 Å². The predicted molar refractivity (Wildman–Crippen MR) is 70.6 cm³/mol. The first kappa shape index (κ1) is 16.0. The zero-order valence-electron chi connectivity index (χ0n) is 8.91. The highest BCUT2D eigenvalue weighted by atomic mass is 35.6. The number of nitro groups is 1. The van der Waals surface area contributed by atoms with E-state index in [9.17, 15) is 10.1 Å². The lowest BCUT2D eigenvalue weighted by atomic mass is 10.3. The van der Waals surface area contributed by atoms with Crippen LogP contribution in [-0.4, -0.2) is 23.7 Å². The van der Waals surface area contributed by atoms with E-state index in [0.29, 0.717) is 6.42 Å². The third-order valence-corrected chi connectivity index (χ3v) is 4.33. The Hall–Kier alpha value is -0.0100. The number of hydrogen-bond acceptors (Lipinski definition) is 4. The summed E-state index contributed by atoms with van der Waals surface area (Å²) in [6, 6.07) is 0. The molecule has 1 aromatic heterocycles. The lowest BCUT2D eigenvalue weighted by molar-refractivity contribution is -0.393. The maximum absolute atomic E-state index is 11.0. The van der Waals surface area contributed by atoms with E-state index in [4.69, 9.17) is 58.0 Å². The van der Waals surface area contributed by atoms with Crippen LogP contribution in [0.4, 0.5) is 5.82 Å². The molecule has 0 saturated carbocycles. The Morgan fingerprint density at radius 1 is 1.33 bits per heavy atom. The Morgan fingerprint density at radius 3 is 2.28 bits per heavy atom. The van der Waals surface area contributed by atoms with Gasteiger partial charge in [0, 0.05) is 5.21 Å². The van der Waals surface area contributed by atoms with Crippen molar-refractivity contribution in [3.05, 3.63) is 15.8 Å². The Labute approximate surface area is 127 Å². The van der Waals surface area contributed by atoms with Crippen LogP contribution in [0.25, 0.3) is 0 Å². The zero-order valence-corrected chi connectivity index (χ0v) is 12.7. The number of nitrogens with zero attached hydrogens (tertiary/aromatic N) is 4. The van der Waals surface area contributed by atoms with Gasteiger partial charge in [0.05, 0.1) is 0 Å². The fourth-order valence-electron chi connectivity index (χ4n) is 1.19. The van der Waals surface area contributed by atoms with Gasteiger partial charge in [0.25, 0.3) is 0 Å². The van der Waals surface area contributed by atoms with Crippen molar-refractivity contribution in [1.82, 2.24) is 15.0 Å². The van der Waals surface area contributed by atoms with Crippen LogP contribution in [0, 0.1) is 10.1 Å². The summed E-state index contributed by atoms with van der Waals surface area (Å²) in [5, 5.41) is 18.1. The highest BCUT2D eigenvalue weighted by molar-refractivity contribution is 6.75. The van der Waals surface area contributed by atoms with Crippen LogP contribution in [0.15, 0.2) is 0 Å². The molecule has 1 rings (SSSR count). The molecule has 0 atom stereocenters. The van der Waals surface area contributed by atoms with E-state index in [1.165, 1.54) is 0 Å². The van der Waals surface area contributed by atoms with Gasteiger partial charge >= 0.3 is 5.82 Å². The minimum Gasteiger partial charge on any atom is -0.358 e. The van der Waals surface area contributed by atoms with Gasteiger partial charge in [-0.25, -0.2) is 0 Å². The largest absolute Gasteiger partial charge is 0.371 e. The molecule has 102 valence electrons. The summed E-state index contributed by atoms with van der Waals surface area (Å²) in [6.07, 6.45) is 0.606. The fourth-order valence-corrected chi connectivity index (χ4v) is 1.70. The van der Waals surface area contributed by atoms with Gasteiger partial charge in [0.15, 0.2) is 0 Å². The van der Waals surface area contributed by atoms with E-state index < -0.39 is 24.6 Å². The molecule has 0 radical (unpaired) electrons. The van der Waals surface area contributed by atoms with Gasteiger partial charge in [0.2, 0.25) is 13.8 Å². The third-order valence-electron chi connectivity index (χ3n) is 1.97. The van der Waals surface area contributed by atoms with E-state index in [1.54, 1.807) is 0 Å². The number of rotatable bonds is 4. The summed E-state index contributed by atoms with van der Waals surface area (Å²) >= 11 is 28.5. The van der Waals surface area contributed by atoms with Crippen molar-refractivity contribution in [3.8, 4) is 0 Å². The molecule has 0 amide bonds. The lowest BCUT2D eigenvalue weighted by Gasteiger charge is -2.24. The summed E-state index contributed by atoms with van der Waals surface area (Å²) in [5.41, 5.74) is -0.399.